The molecule has 0 aliphatic carbocycles. The molecule has 0 nitrogen and oxygen atoms in total. The molecule has 0 aromatic heterocycles. The van der Waals surface area contributed by atoms with Gasteiger partial charge in [-0.2, -0.15) is 0 Å². The van der Waals surface area contributed by atoms with E-state index in [0.29, 0.717) is 0 Å². The maximum absolute atomic E-state index is 2.27. The Morgan fingerprint density at radius 2 is 0.676 bits per heavy atom. The second kappa shape index (κ2) is 8.84. The molecule has 0 heteroatoms. The van der Waals surface area contributed by atoms with Crippen molar-refractivity contribution in [1.82, 2.24) is 0 Å². The number of rotatable bonds is 4. The summed E-state index contributed by atoms with van der Waals surface area (Å²) in [6, 6.07) is 43.4. The Kier molecular flexibility index (Phi) is 5.26. The van der Waals surface area contributed by atoms with Crippen molar-refractivity contribution in [3.05, 3.63) is 144 Å². The average molecular weight is 433 g/mol. The maximum Gasteiger partial charge on any atom is -0.00990 e. The van der Waals surface area contributed by atoms with Crippen molar-refractivity contribution in [2.24, 2.45) is 0 Å². The van der Waals surface area contributed by atoms with Gasteiger partial charge in [0.1, 0.15) is 0 Å². The fraction of sp³-hybridized carbons (Fsp3) is 0. The summed E-state index contributed by atoms with van der Waals surface area (Å²) in [6.45, 7) is 0. The third-order valence-electron chi connectivity index (χ3n) is 6.42. The van der Waals surface area contributed by atoms with Gasteiger partial charge in [0.15, 0.2) is 0 Å². The molecule has 6 aromatic rings. The van der Waals surface area contributed by atoms with Crippen LogP contribution in [0.25, 0.3) is 56.6 Å². The van der Waals surface area contributed by atoms with E-state index in [1.807, 2.05) is 12.1 Å². The van der Waals surface area contributed by atoms with E-state index in [9.17, 15) is 0 Å². The van der Waals surface area contributed by atoms with Crippen molar-refractivity contribution in [2.75, 3.05) is 0 Å². The zero-order valence-corrected chi connectivity index (χ0v) is 18.9. The van der Waals surface area contributed by atoms with E-state index in [2.05, 4.69) is 133 Å². The number of fused-ring (bicyclic) bond motifs is 5. The number of hydrogen-bond acceptors (Lipinski definition) is 0. The summed E-state index contributed by atoms with van der Waals surface area (Å²) in [6.07, 6.45) is 8.70. The van der Waals surface area contributed by atoms with Crippen LogP contribution in [0.4, 0.5) is 0 Å². The first-order valence-electron chi connectivity index (χ1n) is 11.7. The molecule has 34 heavy (non-hydrogen) atoms. The highest BCUT2D eigenvalue weighted by molar-refractivity contribution is 6.17. The van der Waals surface area contributed by atoms with E-state index >= 15 is 0 Å². The van der Waals surface area contributed by atoms with Crippen LogP contribution in [-0.2, 0) is 0 Å². The van der Waals surface area contributed by atoms with E-state index in [0.717, 1.165) is 0 Å². The summed E-state index contributed by atoms with van der Waals surface area (Å²) in [5.41, 5.74) is 4.86. The van der Waals surface area contributed by atoms with Gasteiger partial charge in [-0.25, -0.2) is 0 Å². The molecule has 0 amide bonds. The molecule has 0 heterocycles. The molecule has 0 aliphatic heterocycles. The lowest BCUT2D eigenvalue weighted by molar-refractivity contribution is 1.66. The zero-order chi connectivity index (χ0) is 22.7. The van der Waals surface area contributed by atoms with Crippen LogP contribution in [0.3, 0.4) is 0 Å². The van der Waals surface area contributed by atoms with Gasteiger partial charge in [0.05, 0.1) is 0 Å². The van der Waals surface area contributed by atoms with Crippen molar-refractivity contribution < 1.29 is 0 Å². The Hall–Kier alpha value is -4.42. The minimum Gasteiger partial charge on any atom is -0.0622 e. The molecule has 0 N–H and O–H groups in total. The predicted molar refractivity (Wildman–Crippen MR) is 150 cm³/mol. The summed E-state index contributed by atoms with van der Waals surface area (Å²) in [4.78, 5) is 0. The fourth-order valence-electron chi connectivity index (χ4n) is 4.64. The minimum absolute atomic E-state index is 1.21. The molecular formula is C34H24. The van der Waals surface area contributed by atoms with Crippen molar-refractivity contribution in [2.45, 2.75) is 0 Å². The molecule has 0 aliphatic rings. The van der Waals surface area contributed by atoms with Gasteiger partial charge in [0.25, 0.3) is 0 Å². The fourth-order valence-corrected chi connectivity index (χ4v) is 4.64. The van der Waals surface area contributed by atoms with E-state index in [1.165, 1.54) is 54.6 Å². The third-order valence-corrected chi connectivity index (χ3v) is 6.42. The lowest BCUT2D eigenvalue weighted by atomic mass is 9.95. The first kappa shape index (κ1) is 20.2. The van der Waals surface area contributed by atoms with Crippen LogP contribution in [0.5, 0.6) is 0 Å². The van der Waals surface area contributed by atoms with Crippen LogP contribution >= 0.6 is 0 Å². The Labute approximate surface area is 200 Å². The van der Waals surface area contributed by atoms with E-state index in [4.69, 9.17) is 0 Å². The van der Waals surface area contributed by atoms with Crippen LogP contribution < -0.4 is 0 Å². The Bertz CT molecular complexity index is 1540. The molecule has 0 spiro atoms. The molecule has 6 aromatic carbocycles. The van der Waals surface area contributed by atoms with Crippen LogP contribution in [0.15, 0.2) is 121 Å². The van der Waals surface area contributed by atoms with Crippen LogP contribution in [0.1, 0.15) is 22.3 Å². The van der Waals surface area contributed by atoms with Gasteiger partial charge in [-0.05, 0) is 66.7 Å². The van der Waals surface area contributed by atoms with Crippen LogP contribution in [0.2, 0.25) is 0 Å². The minimum atomic E-state index is 1.21. The predicted octanol–water partition coefficient (Wildman–Crippen LogP) is 9.49. The highest BCUT2D eigenvalue weighted by Crippen LogP contribution is 2.32. The van der Waals surface area contributed by atoms with E-state index < -0.39 is 0 Å². The summed E-state index contributed by atoms with van der Waals surface area (Å²) in [5.74, 6) is 0. The number of benzene rings is 6. The van der Waals surface area contributed by atoms with Crippen LogP contribution in [0, 0.1) is 0 Å². The normalized spacial score (nSPS) is 11.9. The van der Waals surface area contributed by atoms with Crippen molar-refractivity contribution >= 4 is 56.6 Å². The molecule has 0 radical (unpaired) electrons. The summed E-state index contributed by atoms with van der Waals surface area (Å²) in [5, 5.41) is 7.73. The Morgan fingerprint density at radius 3 is 1.12 bits per heavy atom. The maximum atomic E-state index is 2.27. The smallest absolute Gasteiger partial charge is 0.00990 e. The molecule has 0 saturated carbocycles. The average Bonchev–Trinajstić information content (AvgIpc) is 2.91. The van der Waals surface area contributed by atoms with Gasteiger partial charge in [-0.1, -0.05) is 133 Å². The Balaban J connectivity index is 1.36. The number of hydrogen-bond donors (Lipinski definition) is 0. The third kappa shape index (κ3) is 4.02. The lowest BCUT2D eigenvalue weighted by Gasteiger charge is -2.09. The quantitative estimate of drug-likeness (QED) is 0.192. The molecule has 160 valence electrons. The summed E-state index contributed by atoms with van der Waals surface area (Å²) >= 11 is 0. The van der Waals surface area contributed by atoms with Crippen molar-refractivity contribution in [3.8, 4) is 0 Å². The van der Waals surface area contributed by atoms with E-state index in [1.54, 1.807) is 0 Å². The van der Waals surface area contributed by atoms with Crippen molar-refractivity contribution in [3.63, 3.8) is 0 Å². The van der Waals surface area contributed by atoms with Crippen LogP contribution in [-0.4, -0.2) is 0 Å². The molecule has 6 rings (SSSR count). The van der Waals surface area contributed by atoms with Crippen molar-refractivity contribution in [1.29, 1.82) is 0 Å². The van der Waals surface area contributed by atoms with Gasteiger partial charge >= 0.3 is 0 Å². The second-order valence-corrected chi connectivity index (χ2v) is 8.68. The first-order chi connectivity index (χ1) is 16.8. The molecular weight excluding hydrogens is 408 g/mol. The molecule has 0 unspecified atom stereocenters. The van der Waals surface area contributed by atoms with Gasteiger partial charge in [-0.3, -0.25) is 0 Å². The molecule has 0 saturated heterocycles. The highest BCUT2D eigenvalue weighted by Gasteiger charge is 2.05. The zero-order valence-electron chi connectivity index (χ0n) is 18.9. The second-order valence-electron chi connectivity index (χ2n) is 8.68. The molecule has 0 bridgehead atoms. The highest BCUT2D eigenvalue weighted by atomic mass is 14.1. The van der Waals surface area contributed by atoms with Gasteiger partial charge < -0.3 is 0 Å². The first-order valence-corrected chi connectivity index (χ1v) is 11.7. The summed E-state index contributed by atoms with van der Waals surface area (Å²) in [7, 11) is 0. The molecule has 0 fully saturated rings. The standard InChI is InChI=1S/C34H24/c1-3-7-25(8-4-1)11-13-27-15-19-31-29(23-27)17-21-34-32-20-16-28(24-30(32)18-22-33(31)34)14-12-26-9-5-2-6-10-26/h1-24H/b13-11+,14-12+. The monoisotopic (exact) mass is 432 g/mol. The molecule has 0 atom stereocenters. The summed E-state index contributed by atoms with van der Waals surface area (Å²) < 4.78 is 0. The SMILES string of the molecule is C(=C\c1ccc2c(ccc3c4ccc(/C=C/c5ccccc5)cc4ccc23)c1)/c1ccccc1. The van der Waals surface area contributed by atoms with E-state index in [-0.39, 0.29) is 0 Å². The van der Waals surface area contributed by atoms with Gasteiger partial charge in [0.2, 0.25) is 0 Å². The lowest BCUT2D eigenvalue weighted by Crippen LogP contribution is -1.83. The Morgan fingerprint density at radius 1 is 0.294 bits per heavy atom. The topological polar surface area (TPSA) is 0 Å². The van der Waals surface area contributed by atoms with Gasteiger partial charge in [0, 0.05) is 0 Å². The van der Waals surface area contributed by atoms with Gasteiger partial charge in [-0.15, -0.1) is 0 Å². The largest absolute Gasteiger partial charge is 0.0622 e.